The second-order valence-corrected chi connectivity index (χ2v) is 6.99. The van der Waals surface area contributed by atoms with Gasteiger partial charge in [-0.1, -0.05) is 43.3 Å². The third-order valence-corrected chi connectivity index (χ3v) is 4.96. The summed E-state index contributed by atoms with van der Waals surface area (Å²) >= 11 is 0. The molecule has 0 unspecified atom stereocenters. The van der Waals surface area contributed by atoms with Crippen LogP contribution in [0.2, 0.25) is 0 Å². The number of aromatic hydroxyl groups is 2. The van der Waals surface area contributed by atoms with E-state index in [-0.39, 0.29) is 23.9 Å². The molecule has 28 heavy (non-hydrogen) atoms. The second-order valence-electron chi connectivity index (χ2n) is 6.99. The van der Waals surface area contributed by atoms with E-state index in [2.05, 4.69) is 13.2 Å². The fourth-order valence-corrected chi connectivity index (χ4v) is 3.37. The Balaban J connectivity index is 2.62. The summed E-state index contributed by atoms with van der Waals surface area (Å²) < 4.78 is 5.21. The highest BCUT2D eigenvalue weighted by Crippen LogP contribution is 2.39. The van der Waals surface area contributed by atoms with Crippen molar-refractivity contribution in [2.24, 2.45) is 0 Å². The first-order valence-electron chi connectivity index (χ1n) is 9.37. The van der Waals surface area contributed by atoms with Crippen LogP contribution in [-0.2, 0) is 27.8 Å². The molecule has 0 amide bonds. The molecule has 0 aliphatic carbocycles. The molecule has 4 heteroatoms. The first-order chi connectivity index (χ1) is 13.3. The van der Waals surface area contributed by atoms with Gasteiger partial charge in [0, 0.05) is 5.41 Å². The molecule has 0 aliphatic rings. The van der Waals surface area contributed by atoms with Gasteiger partial charge in [0.1, 0.15) is 11.5 Å². The predicted octanol–water partition coefficient (Wildman–Crippen LogP) is 4.81. The summed E-state index contributed by atoms with van der Waals surface area (Å²) in [6.07, 6.45) is 4.63. The van der Waals surface area contributed by atoms with Crippen LogP contribution >= 0.6 is 0 Å². The van der Waals surface area contributed by atoms with Crippen molar-refractivity contribution >= 4 is 5.97 Å². The lowest BCUT2D eigenvalue weighted by atomic mass is 9.72. The number of ether oxygens (including phenoxy) is 1. The molecular formula is C24H28O4. The highest BCUT2D eigenvalue weighted by atomic mass is 16.5. The van der Waals surface area contributed by atoms with E-state index >= 15 is 0 Å². The van der Waals surface area contributed by atoms with E-state index < -0.39 is 5.41 Å². The van der Waals surface area contributed by atoms with Crippen LogP contribution in [0.4, 0.5) is 0 Å². The molecule has 0 atom stereocenters. The highest BCUT2D eigenvalue weighted by molar-refractivity contribution is 5.73. The molecule has 0 fully saturated rings. The molecule has 4 nitrogen and oxygen atoms in total. The van der Waals surface area contributed by atoms with Crippen molar-refractivity contribution in [1.29, 1.82) is 0 Å². The van der Waals surface area contributed by atoms with Gasteiger partial charge in [-0.25, -0.2) is 0 Å². The number of rotatable bonds is 9. The minimum absolute atomic E-state index is 0.136. The molecule has 0 saturated carbocycles. The average molecular weight is 380 g/mol. The molecule has 0 aromatic heterocycles. The molecule has 0 bridgehead atoms. The molecule has 0 radical (unpaired) electrons. The van der Waals surface area contributed by atoms with Gasteiger partial charge < -0.3 is 14.9 Å². The fourth-order valence-electron chi connectivity index (χ4n) is 3.37. The quantitative estimate of drug-likeness (QED) is 0.484. The van der Waals surface area contributed by atoms with Gasteiger partial charge in [-0.05, 0) is 54.2 Å². The number of phenolic OH excluding ortho intramolecular Hbond substituents is 2. The summed E-state index contributed by atoms with van der Waals surface area (Å²) in [4.78, 5) is 12.4. The molecule has 0 heterocycles. The molecule has 2 N–H and O–H groups in total. The molecule has 2 aromatic rings. The summed E-state index contributed by atoms with van der Waals surface area (Å²) in [5.74, 6) is 0.0852. The lowest BCUT2D eigenvalue weighted by Crippen LogP contribution is -2.28. The van der Waals surface area contributed by atoms with Crippen molar-refractivity contribution < 1.29 is 19.7 Å². The Bertz CT molecular complexity index is 807. The maximum Gasteiger partial charge on any atom is 0.307 e. The van der Waals surface area contributed by atoms with Crippen molar-refractivity contribution in [3.05, 3.63) is 84.0 Å². The van der Waals surface area contributed by atoms with E-state index in [4.69, 9.17) is 4.74 Å². The van der Waals surface area contributed by atoms with Crippen LogP contribution in [0.3, 0.4) is 0 Å². The van der Waals surface area contributed by atoms with E-state index in [1.165, 1.54) is 0 Å². The lowest BCUT2D eigenvalue weighted by molar-refractivity contribution is -0.144. The van der Waals surface area contributed by atoms with Crippen molar-refractivity contribution in [2.45, 2.75) is 38.5 Å². The van der Waals surface area contributed by atoms with Crippen molar-refractivity contribution in [1.82, 2.24) is 0 Å². The number of allylic oxidation sites excluding steroid dienone is 2. The van der Waals surface area contributed by atoms with Gasteiger partial charge >= 0.3 is 5.97 Å². The standard InChI is InChI=1S/C24H28O4/c1-5-8-17-14-19(10-12-21(17)25)24(4,16-23(27)28-7-3)20-11-13-22(26)18(15-20)9-6-2/h5-6,10-15,25-26H,1-2,7-9,16H2,3-4H3. The minimum atomic E-state index is -0.695. The average Bonchev–Trinajstić information content (AvgIpc) is 2.65. The Kier molecular flexibility index (Phi) is 7.05. The van der Waals surface area contributed by atoms with Crippen LogP contribution in [0.25, 0.3) is 0 Å². The smallest absolute Gasteiger partial charge is 0.307 e. The SMILES string of the molecule is C=CCc1cc(C(C)(CC(=O)OCC)c2ccc(O)c(CC=C)c2)ccc1O. The zero-order chi connectivity index (χ0) is 20.7. The number of benzene rings is 2. The Labute approximate surface area is 166 Å². The number of hydrogen-bond donors (Lipinski definition) is 2. The van der Waals surface area contributed by atoms with Gasteiger partial charge in [-0.3, -0.25) is 4.79 Å². The first kappa shape index (κ1) is 21.3. The summed E-state index contributed by atoms with van der Waals surface area (Å²) in [6, 6.07) is 10.7. The molecule has 2 rings (SSSR count). The Morgan fingerprint density at radius 3 is 1.86 bits per heavy atom. The summed E-state index contributed by atoms with van der Waals surface area (Å²) in [5.41, 5.74) is 2.55. The molecule has 2 aromatic carbocycles. The summed E-state index contributed by atoms with van der Waals surface area (Å²) in [5, 5.41) is 20.3. The van der Waals surface area contributed by atoms with Crippen LogP contribution in [0.5, 0.6) is 11.5 Å². The number of phenols is 2. The molecule has 0 aliphatic heterocycles. The van der Waals surface area contributed by atoms with Gasteiger partial charge in [-0.2, -0.15) is 0 Å². The minimum Gasteiger partial charge on any atom is -0.508 e. The maximum atomic E-state index is 12.4. The zero-order valence-electron chi connectivity index (χ0n) is 16.6. The fraction of sp³-hybridized carbons (Fsp3) is 0.292. The van der Waals surface area contributed by atoms with Gasteiger partial charge in [0.2, 0.25) is 0 Å². The Hall–Kier alpha value is -3.01. The van der Waals surface area contributed by atoms with Crippen LogP contribution in [0.1, 0.15) is 42.5 Å². The van der Waals surface area contributed by atoms with E-state index in [0.29, 0.717) is 19.4 Å². The lowest BCUT2D eigenvalue weighted by Gasteiger charge is -2.31. The molecule has 148 valence electrons. The largest absolute Gasteiger partial charge is 0.508 e. The second kappa shape index (κ2) is 9.27. The number of hydrogen-bond acceptors (Lipinski definition) is 4. The molecular weight excluding hydrogens is 352 g/mol. The monoisotopic (exact) mass is 380 g/mol. The maximum absolute atomic E-state index is 12.4. The summed E-state index contributed by atoms with van der Waals surface area (Å²) in [7, 11) is 0. The van der Waals surface area contributed by atoms with E-state index in [0.717, 1.165) is 22.3 Å². The van der Waals surface area contributed by atoms with Crippen molar-refractivity contribution in [3.63, 3.8) is 0 Å². The van der Waals surface area contributed by atoms with Crippen molar-refractivity contribution in [2.75, 3.05) is 6.61 Å². The van der Waals surface area contributed by atoms with Gasteiger partial charge in [-0.15, -0.1) is 13.2 Å². The molecule has 0 saturated heterocycles. The third-order valence-electron chi connectivity index (χ3n) is 4.96. The van der Waals surface area contributed by atoms with Crippen LogP contribution in [0, 0.1) is 0 Å². The highest BCUT2D eigenvalue weighted by Gasteiger charge is 2.33. The van der Waals surface area contributed by atoms with E-state index in [1.807, 2.05) is 31.2 Å². The first-order valence-corrected chi connectivity index (χ1v) is 9.37. The van der Waals surface area contributed by atoms with E-state index in [9.17, 15) is 15.0 Å². The summed E-state index contributed by atoms with van der Waals surface area (Å²) in [6.45, 7) is 11.5. The topological polar surface area (TPSA) is 66.8 Å². The zero-order valence-corrected chi connectivity index (χ0v) is 16.6. The Morgan fingerprint density at radius 1 is 1.00 bits per heavy atom. The normalized spacial score (nSPS) is 11.1. The van der Waals surface area contributed by atoms with Crippen molar-refractivity contribution in [3.8, 4) is 11.5 Å². The van der Waals surface area contributed by atoms with Gasteiger partial charge in [0.15, 0.2) is 0 Å². The predicted molar refractivity (Wildman–Crippen MR) is 112 cm³/mol. The van der Waals surface area contributed by atoms with Crippen LogP contribution in [-0.4, -0.2) is 22.8 Å². The van der Waals surface area contributed by atoms with Gasteiger partial charge in [0.05, 0.1) is 13.0 Å². The van der Waals surface area contributed by atoms with Crippen LogP contribution < -0.4 is 0 Å². The van der Waals surface area contributed by atoms with E-state index in [1.54, 1.807) is 31.2 Å². The number of carbonyl (C=O) groups excluding carboxylic acids is 1. The third kappa shape index (κ3) is 4.63. The number of esters is 1. The van der Waals surface area contributed by atoms with Gasteiger partial charge in [0.25, 0.3) is 0 Å². The Morgan fingerprint density at radius 2 is 1.46 bits per heavy atom. The number of carbonyl (C=O) groups is 1. The molecule has 0 spiro atoms. The van der Waals surface area contributed by atoms with Crippen LogP contribution in [0.15, 0.2) is 61.7 Å².